The Bertz CT molecular complexity index is 1710. The Morgan fingerprint density at radius 2 is 1.72 bits per heavy atom. The Kier molecular flexibility index (Phi) is 7.19. The maximum absolute atomic E-state index is 12.9. The molecule has 0 spiro atoms. The van der Waals surface area contributed by atoms with E-state index in [1.165, 1.54) is 39.0 Å². The number of rotatable bonds is 10. The zero-order valence-electron chi connectivity index (χ0n) is 21.3. The van der Waals surface area contributed by atoms with Crippen molar-refractivity contribution >= 4 is 27.1 Å². The number of hydrogen-bond donors (Lipinski definition) is 1. The van der Waals surface area contributed by atoms with Crippen LogP contribution in [-0.2, 0) is 15.8 Å². The summed E-state index contributed by atoms with van der Waals surface area (Å²) in [5, 5.41) is 0. The summed E-state index contributed by atoms with van der Waals surface area (Å²) >= 11 is 0. The number of methoxy groups -OCH3 is 2. The van der Waals surface area contributed by atoms with Gasteiger partial charge in [-0.1, -0.05) is 12.1 Å². The minimum absolute atomic E-state index is 0. The first kappa shape index (κ1) is 25.8. The third-order valence-electron chi connectivity index (χ3n) is 5.46. The van der Waals surface area contributed by atoms with E-state index in [2.05, 4.69) is 34.6 Å². The number of sulfonamides is 1. The molecule has 14 heteroatoms. The van der Waals surface area contributed by atoms with E-state index < -0.39 is 10.0 Å². The lowest BCUT2D eigenvalue weighted by Gasteiger charge is -2.16. The number of hydrogen-bond acceptors (Lipinski definition) is 11. The molecule has 0 radical (unpaired) electrons. The van der Waals surface area contributed by atoms with Crippen LogP contribution in [-0.4, -0.2) is 63.7 Å². The van der Waals surface area contributed by atoms with Crippen LogP contribution in [0.15, 0.2) is 61.2 Å². The number of imidazole rings is 1. The fraction of sp³-hybridized carbons (Fsp3) is 0.200. The van der Waals surface area contributed by atoms with Crippen LogP contribution in [0, 0.1) is 0 Å². The quantitative estimate of drug-likeness (QED) is 0.272. The molecule has 0 aliphatic heterocycles. The molecule has 0 saturated heterocycles. The van der Waals surface area contributed by atoms with Crippen molar-refractivity contribution in [1.29, 1.82) is 0 Å². The van der Waals surface area contributed by atoms with E-state index in [-0.39, 0.29) is 30.0 Å². The molecule has 0 aliphatic carbocycles. The van der Waals surface area contributed by atoms with Crippen molar-refractivity contribution in [2.45, 2.75) is 12.7 Å². The van der Waals surface area contributed by atoms with Crippen molar-refractivity contribution in [2.24, 2.45) is 0 Å². The summed E-state index contributed by atoms with van der Waals surface area (Å²) in [5.74, 6) is 1.31. The first-order valence-corrected chi connectivity index (χ1v) is 13.4. The van der Waals surface area contributed by atoms with E-state index in [9.17, 15) is 8.42 Å². The highest BCUT2D eigenvalue weighted by Gasteiger charge is 2.24. The van der Waals surface area contributed by atoms with E-state index in [4.69, 9.17) is 14.2 Å². The predicted octanol–water partition coefficient (Wildman–Crippen LogP) is 3.27. The van der Waals surface area contributed by atoms with Gasteiger partial charge in [-0.05, 0) is 25.1 Å². The van der Waals surface area contributed by atoms with Crippen LogP contribution in [0.3, 0.4) is 0 Å². The maximum atomic E-state index is 12.9. The Morgan fingerprint density at radius 3 is 2.41 bits per heavy atom. The molecule has 0 aliphatic rings. The SMILES string of the molecule is CCOc1cccc(-c2nc3ncc(NS(=O)(=O)Cc4cnccn4)nc3n2-c2c(OC)cccc2OC)n1.[HH]. The monoisotopic (exact) mass is 550 g/mol. The molecular formula is C25H26N8O5S. The molecule has 13 nitrogen and oxygen atoms in total. The van der Waals surface area contributed by atoms with Crippen LogP contribution in [0.4, 0.5) is 5.82 Å². The average molecular weight is 551 g/mol. The van der Waals surface area contributed by atoms with E-state index in [0.717, 1.165) is 0 Å². The van der Waals surface area contributed by atoms with Crippen molar-refractivity contribution in [3.05, 3.63) is 66.9 Å². The zero-order valence-corrected chi connectivity index (χ0v) is 22.1. The molecular weight excluding hydrogens is 524 g/mol. The summed E-state index contributed by atoms with van der Waals surface area (Å²) in [4.78, 5) is 26.2. The Hall–Kier alpha value is -4.85. The smallest absolute Gasteiger partial charge is 0.239 e. The van der Waals surface area contributed by atoms with Gasteiger partial charge in [-0.15, -0.1) is 0 Å². The van der Waals surface area contributed by atoms with Crippen LogP contribution in [0.1, 0.15) is 14.0 Å². The number of aromatic nitrogens is 7. The number of benzene rings is 1. The van der Waals surface area contributed by atoms with Gasteiger partial charge in [0.05, 0.1) is 32.7 Å². The van der Waals surface area contributed by atoms with Gasteiger partial charge in [-0.2, -0.15) is 0 Å². The van der Waals surface area contributed by atoms with Crippen LogP contribution in [0.2, 0.25) is 0 Å². The predicted molar refractivity (Wildman–Crippen MR) is 145 cm³/mol. The largest absolute Gasteiger partial charge is 0.494 e. The first-order valence-electron chi connectivity index (χ1n) is 11.7. The minimum Gasteiger partial charge on any atom is -0.494 e. The Morgan fingerprint density at radius 1 is 0.949 bits per heavy atom. The van der Waals surface area contributed by atoms with Gasteiger partial charge in [0.1, 0.15) is 28.6 Å². The maximum Gasteiger partial charge on any atom is 0.239 e. The molecule has 5 aromatic rings. The van der Waals surface area contributed by atoms with Gasteiger partial charge in [0.25, 0.3) is 0 Å². The van der Waals surface area contributed by atoms with E-state index in [1.807, 2.05) is 6.92 Å². The lowest BCUT2D eigenvalue weighted by molar-refractivity contribution is 0.327. The number of anilines is 1. The molecule has 0 fully saturated rings. The summed E-state index contributed by atoms with van der Waals surface area (Å²) in [6.45, 7) is 2.30. The van der Waals surface area contributed by atoms with Gasteiger partial charge in [0.2, 0.25) is 15.9 Å². The van der Waals surface area contributed by atoms with Crippen LogP contribution < -0.4 is 18.9 Å². The molecule has 1 aromatic carbocycles. The molecule has 0 bridgehead atoms. The van der Waals surface area contributed by atoms with Gasteiger partial charge < -0.3 is 14.2 Å². The molecule has 0 atom stereocenters. The van der Waals surface area contributed by atoms with Gasteiger partial charge in [0.15, 0.2) is 22.9 Å². The topological polar surface area (TPSA) is 156 Å². The van der Waals surface area contributed by atoms with Gasteiger partial charge >= 0.3 is 0 Å². The molecule has 39 heavy (non-hydrogen) atoms. The number of nitrogens with zero attached hydrogens (tertiary/aromatic N) is 7. The van der Waals surface area contributed by atoms with Crippen molar-refractivity contribution in [2.75, 3.05) is 25.5 Å². The van der Waals surface area contributed by atoms with Crippen LogP contribution >= 0.6 is 0 Å². The Balaban J connectivity index is 0.00000370. The molecule has 4 aromatic heterocycles. The van der Waals surface area contributed by atoms with Crippen molar-refractivity contribution < 1.29 is 24.1 Å². The Labute approximate surface area is 225 Å². The van der Waals surface area contributed by atoms with Gasteiger partial charge in [-0.3, -0.25) is 19.3 Å². The average Bonchev–Trinajstić information content (AvgIpc) is 3.31. The number of fused-ring (bicyclic) bond motifs is 1. The second kappa shape index (κ2) is 10.9. The summed E-state index contributed by atoms with van der Waals surface area (Å²) < 4.78 is 46.7. The van der Waals surface area contributed by atoms with Crippen LogP contribution in [0.25, 0.3) is 28.5 Å². The molecule has 0 amide bonds. The van der Waals surface area contributed by atoms with E-state index >= 15 is 0 Å². The molecule has 5 rings (SSSR count). The summed E-state index contributed by atoms with van der Waals surface area (Å²) in [6, 6.07) is 10.6. The highest BCUT2D eigenvalue weighted by Crippen LogP contribution is 2.38. The molecule has 202 valence electrons. The van der Waals surface area contributed by atoms with Gasteiger partial charge in [-0.25, -0.2) is 28.4 Å². The van der Waals surface area contributed by atoms with E-state index in [1.54, 1.807) is 41.0 Å². The number of para-hydroxylation sites is 1. The molecule has 0 saturated carbocycles. The number of pyridine rings is 1. The fourth-order valence-electron chi connectivity index (χ4n) is 3.90. The van der Waals surface area contributed by atoms with Crippen molar-refractivity contribution in [3.8, 4) is 34.6 Å². The highest BCUT2D eigenvalue weighted by molar-refractivity contribution is 7.91. The van der Waals surface area contributed by atoms with Gasteiger partial charge in [0, 0.05) is 26.1 Å². The second-order valence-electron chi connectivity index (χ2n) is 8.04. The van der Waals surface area contributed by atoms with Crippen LogP contribution in [0.5, 0.6) is 17.4 Å². The van der Waals surface area contributed by atoms with Crippen molar-refractivity contribution in [3.63, 3.8) is 0 Å². The zero-order chi connectivity index (χ0) is 27.4. The number of nitrogens with one attached hydrogen (secondary N) is 1. The normalized spacial score (nSPS) is 11.4. The highest BCUT2D eigenvalue weighted by atomic mass is 32.2. The summed E-state index contributed by atoms with van der Waals surface area (Å²) in [5.41, 5.74) is 1.73. The molecule has 4 heterocycles. The minimum atomic E-state index is -3.88. The third kappa shape index (κ3) is 5.40. The van der Waals surface area contributed by atoms with Crippen molar-refractivity contribution in [1.82, 2.24) is 34.5 Å². The summed E-state index contributed by atoms with van der Waals surface area (Å²) in [6.07, 6.45) is 5.56. The first-order chi connectivity index (χ1) is 18.9. The fourth-order valence-corrected chi connectivity index (χ4v) is 4.93. The second-order valence-corrected chi connectivity index (χ2v) is 9.76. The summed E-state index contributed by atoms with van der Waals surface area (Å²) in [7, 11) is -0.819. The molecule has 1 N–H and O–H groups in total. The van der Waals surface area contributed by atoms with E-state index in [0.29, 0.717) is 41.2 Å². The standard InChI is InChI=1S/C25H24N8O5S.H2/c1-4-38-21-10-5-7-17(29-21)24-31-23-25(33(24)22-18(36-2)8-6-9-19(22)37-3)30-20(14-28-23)32-39(34,35)15-16-13-26-11-12-27-16;/h5-14H,4,15H2,1-3H3,(H,30,32);1H. The molecule has 0 unspecified atom stereocenters. The number of ether oxygens (including phenoxy) is 3. The lowest BCUT2D eigenvalue weighted by atomic mass is 10.2. The third-order valence-corrected chi connectivity index (χ3v) is 6.65. The lowest BCUT2D eigenvalue weighted by Crippen LogP contribution is -2.17.